The van der Waals surface area contributed by atoms with Gasteiger partial charge < -0.3 is 10.1 Å². The molecule has 22 heavy (non-hydrogen) atoms. The topological polar surface area (TPSA) is 41.6 Å². The highest BCUT2D eigenvalue weighted by Crippen LogP contribution is 2.26. The van der Waals surface area contributed by atoms with E-state index in [1.54, 1.807) is 11.3 Å². The Bertz CT molecular complexity index is 522. The third kappa shape index (κ3) is 4.24. The van der Waals surface area contributed by atoms with Gasteiger partial charge in [0.15, 0.2) is 0 Å². The summed E-state index contributed by atoms with van der Waals surface area (Å²) in [4.78, 5) is 16.3. The van der Waals surface area contributed by atoms with Gasteiger partial charge in [-0.2, -0.15) is 0 Å². The van der Waals surface area contributed by atoms with Crippen molar-refractivity contribution in [2.45, 2.75) is 39.3 Å². The van der Waals surface area contributed by atoms with Crippen molar-refractivity contribution in [1.82, 2.24) is 10.2 Å². The Hall–Kier alpha value is -1.05. The summed E-state index contributed by atoms with van der Waals surface area (Å²) in [5.74, 6) is -0.254. The first-order valence-corrected chi connectivity index (χ1v) is 8.17. The number of amides is 1. The molecule has 0 aromatic carbocycles. The summed E-state index contributed by atoms with van der Waals surface area (Å²) in [6.45, 7) is 6.45. The maximum Gasteiger partial charge on any atom is 0.251 e. The monoisotopic (exact) mass is 332 g/mol. The van der Waals surface area contributed by atoms with Gasteiger partial charge in [0.1, 0.15) is 6.04 Å². The van der Waals surface area contributed by atoms with E-state index in [4.69, 9.17) is 4.74 Å². The molecule has 1 amide bonds. The van der Waals surface area contributed by atoms with Crippen LogP contribution >= 0.6 is 11.3 Å². The Balaban J connectivity index is 2.01. The highest BCUT2D eigenvalue weighted by atomic mass is 32.1. The van der Waals surface area contributed by atoms with Crippen molar-refractivity contribution in [2.24, 2.45) is 0 Å². The summed E-state index contributed by atoms with van der Waals surface area (Å²) in [6.07, 6.45) is -2.45. The number of nitrogens with zero attached hydrogens (tertiary/aromatic N) is 1. The zero-order chi connectivity index (χ0) is 16.3. The van der Waals surface area contributed by atoms with Crippen molar-refractivity contribution < 1.29 is 18.3 Å². The average molecular weight is 332 g/mol. The van der Waals surface area contributed by atoms with Crippen molar-refractivity contribution in [2.75, 3.05) is 26.3 Å². The molecule has 1 N–H and O–H groups in total. The second-order valence-electron chi connectivity index (χ2n) is 5.58. The molecule has 1 saturated heterocycles. The first-order chi connectivity index (χ1) is 10.4. The molecular weight excluding hydrogens is 310 g/mol. The van der Waals surface area contributed by atoms with Crippen molar-refractivity contribution in [3.63, 3.8) is 0 Å². The minimum atomic E-state index is -2.45. The molecule has 0 radical (unpaired) electrons. The molecule has 7 heteroatoms. The fraction of sp³-hybridized carbons (Fsp3) is 0.667. The summed E-state index contributed by atoms with van der Waals surface area (Å²) in [5.41, 5.74) is 1.08. The maximum absolute atomic E-state index is 12.6. The van der Waals surface area contributed by atoms with Crippen LogP contribution in [0.5, 0.6) is 0 Å². The van der Waals surface area contributed by atoms with Gasteiger partial charge in [-0.05, 0) is 32.4 Å². The minimum absolute atomic E-state index is 0.146. The lowest BCUT2D eigenvalue weighted by molar-refractivity contribution is -0.134. The van der Waals surface area contributed by atoms with Crippen LogP contribution in [0.15, 0.2) is 6.07 Å². The second-order valence-corrected chi connectivity index (χ2v) is 7.04. The molecule has 2 heterocycles. The molecule has 1 fully saturated rings. The highest BCUT2D eigenvalue weighted by molar-refractivity contribution is 7.12. The van der Waals surface area contributed by atoms with Gasteiger partial charge in [-0.25, -0.2) is 8.78 Å². The normalized spacial score (nSPS) is 21.1. The van der Waals surface area contributed by atoms with E-state index in [1.807, 2.05) is 20.8 Å². The number of aryl methyl sites for hydroxylation is 2. The zero-order valence-electron chi connectivity index (χ0n) is 13.1. The lowest BCUT2D eigenvalue weighted by Gasteiger charge is -2.34. The lowest BCUT2D eigenvalue weighted by Crippen LogP contribution is -2.55. The van der Waals surface area contributed by atoms with Gasteiger partial charge in [0.25, 0.3) is 6.43 Å². The fourth-order valence-electron chi connectivity index (χ4n) is 2.74. The predicted octanol–water partition coefficient (Wildman–Crippen LogP) is 2.51. The number of nitrogens with one attached hydrogen (secondary N) is 1. The number of alkyl halides is 2. The smallest absolute Gasteiger partial charge is 0.251 e. The molecule has 2 rings (SSSR count). The Kier molecular flexibility index (Phi) is 5.88. The molecule has 124 valence electrons. The zero-order valence-corrected chi connectivity index (χ0v) is 13.9. The van der Waals surface area contributed by atoms with Crippen molar-refractivity contribution in [3.8, 4) is 0 Å². The van der Waals surface area contributed by atoms with Gasteiger partial charge in [-0.15, -0.1) is 11.3 Å². The molecule has 0 saturated carbocycles. The Labute approximate surface area is 133 Å². The van der Waals surface area contributed by atoms with E-state index < -0.39 is 19.0 Å². The molecule has 0 unspecified atom stereocenters. The molecule has 1 aromatic rings. The lowest BCUT2D eigenvalue weighted by atomic mass is 10.1. The maximum atomic E-state index is 12.6. The first kappa shape index (κ1) is 17.3. The number of carbonyl (C=O) groups excluding carboxylic acids is 1. The van der Waals surface area contributed by atoms with E-state index in [-0.39, 0.29) is 18.6 Å². The van der Waals surface area contributed by atoms with Crippen LogP contribution in [0.2, 0.25) is 0 Å². The van der Waals surface area contributed by atoms with E-state index in [0.29, 0.717) is 13.2 Å². The van der Waals surface area contributed by atoms with E-state index in [2.05, 4.69) is 11.4 Å². The minimum Gasteiger partial charge on any atom is -0.378 e. The fourth-order valence-corrected chi connectivity index (χ4v) is 3.77. The Morgan fingerprint density at radius 2 is 2.27 bits per heavy atom. The number of halogens is 2. The standard InChI is InChI=1S/C15H22F2N2O2S/c1-9-6-12(11(3)22-9)10(2)18-15(20)13-8-21-5-4-19(13)7-14(16)17/h6,10,13-14H,4-5,7-8H2,1-3H3,(H,18,20)/t10-,13-/m0/s1. The van der Waals surface area contributed by atoms with Gasteiger partial charge in [0.05, 0.1) is 25.8 Å². The number of morpholine rings is 1. The molecule has 2 atom stereocenters. The van der Waals surface area contributed by atoms with Crippen molar-refractivity contribution in [1.29, 1.82) is 0 Å². The Morgan fingerprint density at radius 3 is 2.86 bits per heavy atom. The van der Waals surface area contributed by atoms with Crippen molar-refractivity contribution >= 4 is 17.2 Å². The molecular formula is C15H22F2N2O2S. The first-order valence-electron chi connectivity index (χ1n) is 7.35. The molecule has 1 aliphatic heterocycles. The van der Waals surface area contributed by atoms with E-state index in [0.717, 1.165) is 10.4 Å². The van der Waals surface area contributed by atoms with Crippen LogP contribution in [0.1, 0.15) is 28.3 Å². The SMILES string of the molecule is Cc1cc([C@H](C)NC(=O)[C@@H]2COCCN2CC(F)F)c(C)s1. The van der Waals surface area contributed by atoms with Gasteiger partial charge in [-0.1, -0.05) is 0 Å². The van der Waals surface area contributed by atoms with Crippen LogP contribution in [-0.4, -0.2) is 49.6 Å². The van der Waals surface area contributed by atoms with E-state index >= 15 is 0 Å². The molecule has 1 aliphatic rings. The molecule has 0 aliphatic carbocycles. The van der Waals surface area contributed by atoms with Gasteiger partial charge in [0, 0.05) is 16.3 Å². The Morgan fingerprint density at radius 1 is 1.55 bits per heavy atom. The summed E-state index contributed by atoms with van der Waals surface area (Å²) in [5, 5.41) is 2.92. The molecule has 4 nitrogen and oxygen atoms in total. The molecule has 0 bridgehead atoms. The number of ether oxygens (including phenoxy) is 1. The van der Waals surface area contributed by atoms with Crippen LogP contribution in [0, 0.1) is 13.8 Å². The quantitative estimate of drug-likeness (QED) is 0.901. The summed E-state index contributed by atoms with van der Waals surface area (Å²) >= 11 is 1.68. The van der Waals surface area contributed by atoms with Crippen LogP contribution in [-0.2, 0) is 9.53 Å². The second kappa shape index (κ2) is 7.48. The van der Waals surface area contributed by atoms with Crippen LogP contribution < -0.4 is 5.32 Å². The van der Waals surface area contributed by atoms with Crippen molar-refractivity contribution in [3.05, 3.63) is 21.4 Å². The average Bonchev–Trinajstić information content (AvgIpc) is 2.77. The number of thiophene rings is 1. The number of hydrogen-bond acceptors (Lipinski definition) is 4. The largest absolute Gasteiger partial charge is 0.378 e. The summed E-state index contributed by atoms with van der Waals surface area (Å²) < 4.78 is 30.5. The van der Waals surface area contributed by atoms with E-state index in [9.17, 15) is 13.6 Å². The van der Waals surface area contributed by atoms with E-state index in [1.165, 1.54) is 9.78 Å². The third-order valence-corrected chi connectivity index (χ3v) is 4.80. The molecule has 0 spiro atoms. The highest BCUT2D eigenvalue weighted by Gasteiger charge is 2.32. The van der Waals surface area contributed by atoms with Crippen LogP contribution in [0.3, 0.4) is 0 Å². The van der Waals surface area contributed by atoms with Gasteiger partial charge in [0.2, 0.25) is 5.91 Å². The molecule has 1 aromatic heterocycles. The third-order valence-electron chi connectivity index (χ3n) is 3.82. The number of carbonyl (C=O) groups is 1. The summed E-state index contributed by atoms with van der Waals surface area (Å²) in [6, 6.07) is 1.26. The van der Waals surface area contributed by atoms with Gasteiger partial charge in [-0.3, -0.25) is 9.69 Å². The van der Waals surface area contributed by atoms with Crippen LogP contribution in [0.25, 0.3) is 0 Å². The van der Waals surface area contributed by atoms with Crippen LogP contribution in [0.4, 0.5) is 8.78 Å². The summed E-state index contributed by atoms with van der Waals surface area (Å²) in [7, 11) is 0. The number of hydrogen-bond donors (Lipinski definition) is 1. The number of rotatable bonds is 5. The predicted molar refractivity (Wildman–Crippen MR) is 82.5 cm³/mol. The van der Waals surface area contributed by atoms with Gasteiger partial charge >= 0.3 is 0 Å².